The molecule has 1 aromatic rings. The Hall–Kier alpha value is -0.410. The summed E-state index contributed by atoms with van der Waals surface area (Å²) in [5.74, 6) is 0.726. The molecule has 17 heavy (non-hydrogen) atoms. The van der Waals surface area contributed by atoms with Crippen LogP contribution in [0.2, 0.25) is 0 Å². The van der Waals surface area contributed by atoms with Gasteiger partial charge in [0.1, 0.15) is 5.82 Å². The molecular weight excluding hydrogens is 283 g/mol. The van der Waals surface area contributed by atoms with E-state index in [0.29, 0.717) is 10.0 Å². The van der Waals surface area contributed by atoms with Crippen LogP contribution < -0.4 is 0 Å². The van der Waals surface area contributed by atoms with E-state index in [1.165, 1.54) is 6.07 Å². The lowest BCUT2D eigenvalue weighted by molar-refractivity contribution is 0.0747. The number of hydrogen-bond donors (Lipinski definition) is 1. The highest BCUT2D eigenvalue weighted by Gasteiger charge is 2.27. The van der Waals surface area contributed by atoms with Crippen LogP contribution in [0.4, 0.5) is 4.39 Å². The first-order valence-corrected chi connectivity index (χ1v) is 7.01. The first kappa shape index (κ1) is 13.0. The van der Waals surface area contributed by atoms with Crippen LogP contribution in [0.1, 0.15) is 44.3 Å². The molecule has 1 saturated carbocycles. The lowest BCUT2D eigenvalue weighted by Gasteiger charge is -2.30. The fourth-order valence-corrected chi connectivity index (χ4v) is 3.10. The van der Waals surface area contributed by atoms with Crippen LogP contribution in [-0.2, 0) is 0 Å². The van der Waals surface area contributed by atoms with Gasteiger partial charge in [-0.3, -0.25) is 0 Å². The third-order valence-electron chi connectivity index (χ3n) is 3.81. The molecule has 1 aliphatic carbocycles. The van der Waals surface area contributed by atoms with E-state index in [0.717, 1.165) is 31.6 Å². The minimum atomic E-state index is -0.549. The average Bonchev–Trinajstić information content (AvgIpc) is 2.33. The van der Waals surface area contributed by atoms with Gasteiger partial charge in [-0.15, -0.1) is 0 Å². The molecule has 0 amide bonds. The third kappa shape index (κ3) is 2.89. The van der Waals surface area contributed by atoms with Crippen molar-refractivity contribution in [1.82, 2.24) is 0 Å². The predicted octanol–water partition coefficient (Wildman–Crippen LogP) is 4.45. The molecule has 94 valence electrons. The minimum Gasteiger partial charge on any atom is -0.388 e. The largest absolute Gasteiger partial charge is 0.388 e. The SMILES string of the molecule is CC1CCC(C(O)c2cccc(F)c2Br)CC1. The molecule has 3 heteroatoms. The summed E-state index contributed by atoms with van der Waals surface area (Å²) in [6.45, 7) is 2.25. The van der Waals surface area contributed by atoms with E-state index in [2.05, 4.69) is 22.9 Å². The molecule has 2 rings (SSSR count). The Labute approximate surface area is 110 Å². The Morgan fingerprint density at radius 2 is 1.94 bits per heavy atom. The molecule has 1 aromatic carbocycles. The molecule has 1 aliphatic rings. The van der Waals surface area contributed by atoms with Crippen molar-refractivity contribution >= 4 is 15.9 Å². The van der Waals surface area contributed by atoms with Gasteiger partial charge in [-0.05, 0) is 52.2 Å². The molecule has 0 saturated heterocycles. The first-order valence-electron chi connectivity index (χ1n) is 6.21. The van der Waals surface area contributed by atoms with Gasteiger partial charge in [0.2, 0.25) is 0 Å². The van der Waals surface area contributed by atoms with Crippen molar-refractivity contribution in [3.63, 3.8) is 0 Å². The molecule has 0 radical (unpaired) electrons. The fraction of sp³-hybridized carbons (Fsp3) is 0.571. The lowest BCUT2D eigenvalue weighted by atomic mass is 9.78. The molecule has 1 atom stereocenters. The summed E-state index contributed by atoms with van der Waals surface area (Å²) in [5.41, 5.74) is 0.685. The van der Waals surface area contributed by atoms with Crippen LogP contribution in [0.3, 0.4) is 0 Å². The molecule has 0 aromatic heterocycles. The monoisotopic (exact) mass is 300 g/mol. The van der Waals surface area contributed by atoms with Crippen molar-refractivity contribution in [3.8, 4) is 0 Å². The van der Waals surface area contributed by atoms with Gasteiger partial charge in [0.25, 0.3) is 0 Å². The Bertz CT molecular complexity index is 386. The zero-order valence-electron chi connectivity index (χ0n) is 10.00. The van der Waals surface area contributed by atoms with Gasteiger partial charge < -0.3 is 5.11 Å². The summed E-state index contributed by atoms with van der Waals surface area (Å²) >= 11 is 3.22. The van der Waals surface area contributed by atoms with Crippen LogP contribution in [0.15, 0.2) is 22.7 Å². The van der Waals surface area contributed by atoms with Gasteiger partial charge in [-0.2, -0.15) is 0 Å². The Balaban J connectivity index is 2.14. The molecule has 1 fully saturated rings. The standard InChI is InChI=1S/C14H18BrFO/c1-9-5-7-10(8-6-9)14(17)11-3-2-4-12(16)13(11)15/h2-4,9-10,14,17H,5-8H2,1H3. The van der Waals surface area contributed by atoms with Crippen LogP contribution in [0, 0.1) is 17.7 Å². The maximum atomic E-state index is 13.4. The van der Waals surface area contributed by atoms with Crippen molar-refractivity contribution in [2.24, 2.45) is 11.8 Å². The molecule has 0 bridgehead atoms. The van der Waals surface area contributed by atoms with Gasteiger partial charge in [0.15, 0.2) is 0 Å². The van der Waals surface area contributed by atoms with Gasteiger partial charge >= 0.3 is 0 Å². The van der Waals surface area contributed by atoms with Crippen LogP contribution >= 0.6 is 15.9 Å². The van der Waals surface area contributed by atoms with Crippen molar-refractivity contribution in [1.29, 1.82) is 0 Å². The number of aliphatic hydroxyl groups excluding tert-OH is 1. The Kier molecular flexibility index (Phi) is 4.21. The zero-order valence-corrected chi connectivity index (χ0v) is 11.6. The van der Waals surface area contributed by atoms with E-state index in [1.807, 2.05) is 0 Å². The zero-order chi connectivity index (χ0) is 12.4. The Morgan fingerprint density at radius 1 is 1.29 bits per heavy atom. The second kappa shape index (κ2) is 5.49. The summed E-state index contributed by atoms with van der Waals surface area (Å²) < 4.78 is 13.8. The van der Waals surface area contributed by atoms with E-state index in [-0.39, 0.29) is 11.7 Å². The number of hydrogen-bond acceptors (Lipinski definition) is 1. The van der Waals surface area contributed by atoms with E-state index in [9.17, 15) is 9.50 Å². The maximum absolute atomic E-state index is 13.4. The van der Waals surface area contributed by atoms with Gasteiger partial charge in [-0.25, -0.2) is 4.39 Å². The number of aliphatic hydroxyl groups is 1. The predicted molar refractivity (Wildman–Crippen MR) is 70.2 cm³/mol. The molecule has 1 nitrogen and oxygen atoms in total. The summed E-state index contributed by atoms with van der Waals surface area (Å²) in [7, 11) is 0. The van der Waals surface area contributed by atoms with Gasteiger partial charge in [-0.1, -0.05) is 31.9 Å². The highest BCUT2D eigenvalue weighted by Crippen LogP contribution is 2.39. The van der Waals surface area contributed by atoms with Crippen molar-refractivity contribution in [2.45, 2.75) is 38.7 Å². The first-order chi connectivity index (χ1) is 8.09. The second-order valence-electron chi connectivity index (χ2n) is 5.11. The van der Waals surface area contributed by atoms with E-state index >= 15 is 0 Å². The van der Waals surface area contributed by atoms with Crippen LogP contribution in [0.25, 0.3) is 0 Å². The van der Waals surface area contributed by atoms with Gasteiger partial charge in [0.05, 0.1) is 10.6 Å². The van der Waals surface area contributed by atoms with E-state index < -0.39 is 6.10 Å². The smallest absolute Gasteiger partial charge is 0.137 e. The average molecular weight is 301 g/mol. The molecule has 0 spiro atoms. The maximum Gasteiger partial charge on any atom is 0.137 e. The van der Waals surface area contributed by atoms with Gasteiger partial charge in [0, 0.05) is 0 Å². The second-order valence-corrected chi connectivity index (χ2v) is 5.90. The lowest BCUT2D eigenvalue weighted by Crippen LogP contribution is -2.19. The summed E-state index contributed by atoms with van der Waals surface area (Å²) in [4.78, 5) is 0. The molecule has 1 unspecified atom stereocenters. The minimum absolute atomic E-state index is 0.268. The summed E-state index contributed by atoms with van der Waals surface area (Å²) in [6.07, 6.45) is 3.84. The highest BCUT2D eigenvalue weighted by molar-refractivity contribution is 9.10. The molecular formula is C14H18BrFO. The van der Waals surface area contributed by atoms with E-state index in [1.54, 1.807) is 12.1 Å². The van der Waals surface area contributed by atoms with Crippen molar-refractivity contribution < 1.29 is 9.50 Å². The third-order valence-corrected chi connectivity index (χ3v) is 4.64. The van der Waals surface area contributed by atoms with Crippen molar-refractivity contribution in [3.05, 3.63) is 34.1 Å². The highest BCUT2D eigenvalue weighted by atomic mass is 79.9. The van der Waals surface area contributed by atoms with Crippen LogP contribution in [0.5, 0.6) is 0 Å². The molecule has 0 aliphatic heterocycles. The topological polar surface area (TPSA) is 20.2 Å². The number of halogens is 2. The quantitative estimate of drug-likeness (QED) is 0.855. The van der Waals surface area contributed by atoms with Crippen molar-refractivity contribution in [2.75, 3.05) is 0 Å². The van der Waals surface area contributed by atoms with Crippen LogP contribution in [-0.4, -0.2) is 5.11 Å². The molecule has 1 N–H and O–H groups in total. The fourth-order valence-electron chi connectivity index (χ4n) is 2.60. The summed E-state index contributed by atoms with van der Waals surface area (Å²) in [6, 6.07) is 4.86. The Morgan fingerprint density at radius 3 is 2.59 bits per heavy atom. The number of benzene rings is 1. The number of rotatable bonds is 2. The van der Waals surface area contributed by atoms with E-state index in [4.69, 9.17) is 0 Å². The normalized spacial score (nSPS) is 26.8. The molecule has 0 heterocycles. The summed E-state index contributed by atoms with van der Waals surface area (Å²) in [5, 5.41) is 10.3.